The summed E-state index contributed by atoms with van der Waals surface area (Å²) in [7, 11) is 0. The van der Waals surface area contributed by atoms with E-state index < -0.39 is 5.54 Å². The number of aliphatic hydroxyl groups excluding tert-OH is 1. The average molecular weight is 298 g/mol. The zero-order valence-electron chi connectivity index (χ0n) is 13.7. The predicted molar refractivity (Wildman–Crippen MR) is 81.7 cm³/mol. The first-order chi connectivity index (χ1) is 9.79. The van der Waals surface area contributed by atoms with Crippen LogP contribution in [0.5, 0.6) is 0 Å². The summed E-state index contributed by atoms with van der Waals surface area (Å²) >= 11 is 0. The van der Waals surface area contributed by atoms with Crippen molar-refractivity contribution in [3.8, 4) is 0 Å². The van der Waals surface area contributed by atoms with Crippen LogP contribution < -0.4 is 11.1 Å². The van der Waals surface area contributed by atoms with Gasteiger partial charge in [-0.25, -0.2) is 0 Å². The molecule has 21 heavy (non-hydrogen) atoms. The predicted octanol–water partition coefficient (Wildman–Crippen LogP) is 1.04. The zero-order valence-corrected chi connectivity index (χ0v) is 13.7. The van der Waals surface area contributed by atoms with E-state index in [0.717, 1.165) is 19.3 Å². The quantitative estimate of drug-likeness (QED) is 0.684. The average Bonchev–Trinajstić information content (AvgIpc) is 2.96. The third kappa shape index (κ3) is 2.21. The fourth-order valence-electron chi connectivity index (χ4n) is 4.04. The van der Waals surface area contributed by atoms with E-state index >= 15 is 0 Å². The Morgan fingerprint density at radius 2 is 2.05 bits per heavy atom. The summed E-state index contributed by atoms with van der Waals surface area (Å²) < 4.78 is 5.72. The molecular formula is C16H30N2O3. The van der Waals surface area contributed by atoms with Crippen molar-refractivity contribution in [3.63, 3.8) is 0 Å². The minimum absolute atomic E-state index is 0.0798. The van der Waals surface area contributed by atoms with Crippen molar-refractivity contribution in [3.05, 3.63) is 0 Å². The van der Waals surface area contributed by atoms with Gasteiger partial charge in [0.15, 0.2) is 0 Å². The number of aliphatic hydroxyl groups is 1. The van der Waals surface area contributed by atoms with Crippen LogP contribution in [0, 0.1) is 16.7 Å². The molecule has 0 aromatic rings. The number of fused-ring (bicyclic) bond motifs is 1. The fourth-order valence-corrected chi connectivity index (χ4v) is 4.04. The first kappa shape index (κ1) is 16.7. The van der Waals surface area contributed by atoms with Gasteiger partial charge >= 0.3 is 0 Å². The van der Waals surface area contributed by atoms with Gasteiger partial charge in [-0.2, -0.15) is 0 Å². The molecule has 0 bridgehead atoms. The summed E-state index contributed by atoms with van der Waals surface area (Å²) in [5.74, 6) is 0.0123. The molecule has 0 radical (unpaired) electrons. The molecule has 2 aliphatic rings. The van der Waals surface area contributed by atoms with E-state index in [0.29, 0.717) is 13.2 Å². The molecule has 4 N–H and O–H groups in total. The van der Waals surface area contributed by atoms with Crippen LogP contribution in [-0.2, 0) is 9.53 Å². The number of ether oxygens (including phenoxy) is 1. The number of amides is 1. The highest BCUT2D eigenvalue weighted by Gasteiger charge is 2.71. The highest BCUT2D eigenvalue weighted by molar-refractivity contribution is 5.89. The van der Waals surface area contributed by atoms with Crippen molar-refractivity contribution >= 4 is 5.91 Å². The molecule has 1 heterocycles. The van der Waals surface area contributed by atoms with Crippen molar-refractivity contribution in [2.45, 2.75) is 58.6 Å². The standard InChI is InChI=1S/C16H30N2O3/c1-5-15(6-2,10-19)9-18-13(20)16(17)11-7-8-21-12(11)14(16,3)4/h11-12,19H,5-10,17H2,1-4H3,(H,18,20). The number of nitrogens with two attached hydrogens (primary N) is 1. The Hall–Kier alpha value is -0.650. The second-order valence-corrected chi connectivity index (χ2v) is 7.33. The first-order valence-corrected chi connectivity index (χ1v) is 8.08. The lowest BCUT2D eigenvalue weighted by Gasteiger charge is -2.60. The van der Waals surface area contributed by atoms with Crippen LogP contribution in [0.1, 0.15) is 47.0 Å². The van der Waals surface area contributed by atoms with Gasteiger partial charge in [0, 0.05) is 29.9 Å². The van der Waals surface area contributed by atoms with Gasteiger partial charge in [0.2, 0.25) is 5.91 Å². The van der Waals surface area contributed by atoms with Crippen LogP contribution in [0.2, 0.25) is 0 Å². The summed E-state index contributed by atoms with van der Waals surface area (Å²) in [4.78, 5) is 12.7. The topological polar surface area (TPSA) is 84.6 Å². The Morgan fingerprint density at radius 3 is 2.57 bits per heavy atom. The van der Waals surface area contributed by atoms with Crippen LogP contribution in [0.25, 0.3) is 0 Å². The molecule has 122 valence electrons. The summed E-state index contributed by atoms with van der Waals surface area (Å²) in [6.07, 6.45) is 2.60. The van der Waals surface area contributed by atoms with Crippen LogP contribution >= 0.6 is 0 Å². The highest BCUT2D eigenvalue weighted by Crippen LogP contribution is 2.58. The molecule has 3 unspecified atom stereocenters. The third-order valence-corrected chi connectivity index (χ3v) is 6.29. The molecule has 5 nitrogen and oxygen atoms in total. The lowest BCUT2D eigenvalue weighted by atomic mass is 9.48. The van der Waals surface area contributed by atoms with Gasteiger partial charge in [0.05, 0.1) is 12.7 Å². The fraction of sp³-hybridized carbons (Fsp3) is 0.938. The minimum Gasteiger partial charge on any atom is -0.396 e. The van der Waals surface area contributed by atoms with Crippen molar-refractivity contribution in [1.29, 1.82) is 0 Å². The number of rotatable bonds is 6. The van der Waals surface area contributed by atoms with Gasteiger partial charge in [-0.3, -0.25) is 4.79 Å². The van der Waals surface area contributed by atoms with Crippen molar-refractivity contribution in [1.82, 2.24) is 5.32 Å². The van der Waals surface area contributed by atoms with Crippen LogP contribution in [0.3, 0.4) is 0 Å². The Bertz CT molecular complexity index is 398. The Kier molecular flexibility index (Phi) is 4.40. The molecule has 3 atom stereocenters. The molecule has 0 aromatic heterocycles. The Morgan fingerprint density at radius 1 is 1.43 bits per heavy atom. The molecule has 0 spiro atoms. The number of carbonyl (C=O) groups excluding carboxylic acids is 1. The lowest BCUT2D eigenvalue weighted by molar-refractivity contribution is -0.175. The SMILES string of the molecule is CCC(CC)(CO)CNC(=O)C1(N)C2CCOC2C1(C)C. The number of hydrogen-bond acceptors (Lipinski definition) is 4. The highest BCUT2D eigenvalue weighted by atomic mass is 16.5. The zero-order chi connectivity index (χ0) is 15.9. The van der Waals surface area contributed by atoms with Gasteiger partial charge in [-0.1, -0.05) is 27.7 Å². The molecule has 1 saturated carbocycles. The third-order valence-electron chi connectivity index (χ3n) is 6.29. The van der Waals surface area contributed by atoms with E-state index in [9.17, 15) is 9.90 Å². The molecular weight excluding hydrogens is 268 g/mol. The maximum Gasteiger partial charge on any atom is 0.241 e. The minimum atomic E-state index is -0.864. The summed E-state index contributed by atoms with van der Waals surface area (Å²) in [5.41, 5.74) is 5.05. The van der Waals surface area contributed by atoms with Gasteiger partial charge < -0.3 is 20.9 Å². The summed E-state index contributed by atoms with van der Waals surface area (Å²) in [5, 5.41) is 12.6. The summed E-state index contributed by atoms with van der Waals surface area (Å²) in [6.45, 7) is 9.35. The molecule has 0 aromatic carbocycles. The number of hydrogen-bond donors (Lipinski definition) is 3. The molecule has 1 aliphatic carbocycles. The maximum atomic E-state index is 12.7. The van der Waals surface area contributed by atoms with Crippen LogP contribution in [0.15, 0.2) is 0 Å². The first-order valence-electron chi connectivity index (χ1n) is 8.08. The molecule has 2 fully saturated rings. The van der Waals surface area contributed by atoms with E-state index in [1.807, 2.05) is 27.7 Å². The lowest BCUT2D eigenvalue weighted by Crippen LogP contribution is -2.80. The van der Waals surface area contributed by atoms with Crippen molar-refractivity contribution in [2.75, 3.05) is 19.8 Å². The van der Waals surface area contributed by atoms with Crippen LogP contribution in [-0.4, -0.2) is 42.4 Å². The monoisotopic (exact) mass is 298 g/mol. The largest absolute Gasteiger partial charge is 0.396 e. The maximum absolute atomic E-state index is 12.7. The molecule has 2 rings (SSSR count). The Balaban J connectivity index is 2.07. The van der Waals surface area contributed by atoms with E-state index in [1.54, 1.807) is 0 Å². The number of carbonyl (C=O) groups is 1. The molecule has 1 aliphatic heterocycles. The summed E-state index contributed by atoms with van der Waals surface area (Å²) in [6, 6.07) is 0. The van der Waals surface area contributed by atoms with Gasteiger partial charge in [-0.05, 0) is 19.3 Å². The molecule has 1 amide bonds. The van der Waals surface area contributed by atoms with E-state index in [1.165, 1.54) is 0 Å². The Labute approximate surface area is 127 Å². The smallest absolute Gasteiger partial charge is 0.241 e. The normalized spacial score (nSPS) is 34.2. The van der Waals surface area contributed by atoms with Gasteiger partial charge in [0.25, 0.3) is 0 Å². The number of nitrogens with one attached hydrogen (secondary N) is 1. The van der Waals surface area contributed by atoms with Gasteiger partial charge in [-0.15, -0.1) is 0 Å². The van der Waals surface area contributed by atoms with E-state index in [2.05, 4.69) is 5.32 Å². The van der Waals surface area contributed by atoms with Crippen molar-refractivity contribution in [2.24, 2.45) is 22.5 Å². The second-order valence-electron chi connectivity index (χ2n) is 7.33. The molecule has 5 heteroatoms. The molecule has 1 saturated heterocycles. The van der Waals surface area contributed by atoms with E-state index in [4.69, 9.17) is 10.5 Å². The second kappa shape index (κ2) is 5.52. The van der Waals surface area contributed by atoms with E-state index in [-0.39, 0.29) is 35.4 Å². The van der Waals surface area contributed by atoms with Crippen molar-refractivity contribution < 1.29 is 14.6 Å². The van der Waals surface area contributed by atoms with Crippen LogP contribution in [0.4, 0.5) is 0 Å². The van der Waals surface area contributed by atoms with Gasteiger partial charge in [0.1, 0.15) is 5.54 Å².